The summed E-state index contributed by atoms with van der Waals surface area (Å²) in [6.45, 7) is 11.6. The van der Waals surface area contributed by atoms with Crippen LogP contribution in [0.25, 0.3) is 0 Å². The number of aromatic amines is 1. The second-order valence-corrected chi connectivity index (χ2v) is 12.5. The molecule has 0 spiro atoms. The Kier molecular flexibility index (Phi) is 7.31. The van der Waals surface area contributed by atoms with Gasteiger partial charge in [-0.1, -0.05) is 71.7 Å². The van der Waals surface area contributed by atoms with Crippen molar-refractivity contribution in [1.29, 1.82) is 0 Å². The van der Waals surface area contributed by atoms with Gasteiger partial charge >= 0.3 is 5.97 Å². The number of benzene rings is 1. The Morgan fingerprint density at radius 3 is 2.29 bits per heavy atom. The summed E-state index contributed by atoms with van der Waals surface area (Å²) >= 11 is 0. The molecule has 1 aliphatic rings. The number of hydrogen-bond donors (Lipinski definition) is 2. The van der Waals surface area contributed by atoms with Gasteiger partial charge in [0, 0.05) is 5.92 Å². The molecule has 2 atom stereocenters. The molecule has 186 valence electrons. The molecule has 34 heavy (non-hydrogen) atoms. The van der Waals surface area contributed by atoms with Crippen LogP contribution in [0.1, 0.15) is 89.5 Å². The molecule has 1 aromatic heterocycles. The third-order valence-corrected chi connectivity index (χ3v) is 8.65. The molecular weight excluding hydrogens is 452 g/mol. The van der Waals surface area contributed by atoms with Gasteiger partial charge in [-0.25, -0.2) is 18.2 Å². The van der Waals surface area contributed by atoms with Crippen molar-refractivity contribution in [2.45, 2.75) is 89.0 Å². The Labute approximate surface area is 202 Å². The van der Waals surface area contributed by atoms with Crippen LogP contribution in [-0.4, -0.2) is 35.1 Å². The molecule has 0 aliphatic carbocycles. The van der Waals surface area contributed by atoms with Crippen LogP contribution in [-0.2, 0) is 19.4 Å². The van der Waals surface area contributed by atoms with Gasteiger partial charge < -0.3 is 14.8 Å². The fourth-order valence-electron chi connectivity index (χ4n) is 5.01. The molecule has 2 heterocycles. The van der Waals surface area contributed by atoms with Gasteiger partial charge in [0.25, 0.3) is 0 Å². The maximum absolute atomic E-state index is 13.2. The Balaban J connectivity index is 2.12. The predicted molar refractivity (Wildman–Crippen MR) is 131 cm³/mol. The summed E-state index contributed by atoms with van der Waals surface area (Å²) in [5.74, 6) is -0.954. The molecule has 0 radical (unpaired) electrons. The molecule has 2 N–H and O–H groups in total. The minimum absolute atomic E-state index is 0.0182. The smallest absolute Gasteiger partial charge is 0.339 e. The van der Waals surface area contributed by atoms with Gasteiger partial charge in [0.05, 0.1) is 23.3 Å². The molecule has 8 heteroatoms. The van der Waals surface area contributed by atoms with Crippen molar-refractivity contribution in [2.24, 2.45) is 5.41 Å². The van der Waals surface area contributed by atoms with Crippen LogP contribution < -0.4 is 0 Å². The number of nitrogens with one attached hydrogen (secondary N) is 1. The third-order valence-electron chi connectivity index (χ3n) is 6.62. The lowest BCUT2D eigenvalue weighted by molar-refractivity contribution is -0.150. The number of carbonyl (C=O) groups excluding carboxylic acids is 1. The Morgan fingerprint density at radius 1 is 1.15 bits per heavy atom. The largest absolute Gasteiger partial charge is 0.507 e. The van der Waals surface area contributed by atoms with Crippen molar-refractivity contribution in [1.82, 2.24) is 9.97 Å². The number of aromatic nitrogens is 2. The van der Waals surface area contributed by atoms with Crippen LogP contribution in [0.3, 0.4) is 0 Å². The lowest BCUT2D eigenvalue weighted by atomic mass is 9.71. The molecule has 7 nitrogen and oxygen atoms in total. The topological polar surface area (TPSA) is 109 Å². The van der Waals surface area contributed by atoms with Crippen LogP contribution in [0.15, 0.2) is 53.1 Å². The summed E-state index contributed by atoms with van der Waals surface area (Å²) in [5.41, 5.74) is 0.200. The maximum atomic E-state index is 13.2. The van der Waals surface area contributed by atoms with E-state index in [9.17, 15) is 18.3 Å². The summed E-state index contributed by atoms with van der Waals surface area (Å²) in [7, 11) is -3.67. The molecule has 0 bridgehead atoms. The van der Waals surface area contributed by atoms with Crippen molar-refractivity contribution in [3.8, 4) is 0 Å². The SMILES string of the molecule is CCCC1(CCC)OC(=O)C(C(c2cccc(C(C)S(=O)(=O)c3cnc[nH]3)c2)C(C)(C)C)=C1O. The fraction of sp³-hybridized carbons (Fsp3) is 0.538. The Morgan fingerprint density at radius 2 is 1.76 bits per heavy atom. The number of cyclic esters (lactones) is 1. The number of rotatable bonds is 9. The minimum atomic E-state index is -3.67. The van der Waals surface area contributed by atoms with E-state index in [1.54, 1.807) is 19.1 Å². The van der Waals surface area contributed by atoms with E-state index >= 15 is 0 Å². The number of sulfone groups is 1. The van der Waals surface area contributed by atoms with Crippen LogP contribution >= 0.6 is 0 Å². The van der Waals surface area contributed by atoms with E-state index < -0.39 is 38.0 Å². The van der Waals surface area contributed by atoms with Gasteiger partial charge in [-0.15, -0.1) is 0 Å². The van der Waals surface area contributed by atoms with Crippen LogP contribution in [0.5, 0.6) is 0 Å². The van der Waals surface area contributed by atoms with Crippen molar-refractivity contribution >= 4 is 15.8 Å². The minimum Gasteiger partial charge on any atom is -0.507 e. The highest BCUT2D eigenvalue weighted by atomic mass is 32.2. The molecule has 0 fully saturated rings. The third kappa shape index (κ3) is 4.65. The maximum Gasteiger partial charge on any atom is 0.339 e. The number of nitrogens with zero attached hydrogens (tertiary/aromatic N) is 1. The lowest BCUT2D eigenvalue weighted by Crippen LogP contribution is -2.31. The zero-order chi connectivity index (χ0) is 25.3. The van der Waals surface area contributed by atoms with Gasteiger partial charge in [0.2, 0.25) is 9.84 Å². The van der Waals surface area contributed by atoms with Gasteiger partial charge in [-0.3, -0.25) is 0 Å². The molecule has 2 unspecified atom stereocenters. The highest BCUT2D eigenvalue weighted by Gasteiger charge is 2.51. The van der Waals surface area contributed by atoms with Crippen molar-refractivity contribution in [3.63, 3.8) is 0 Å². The Bertz CT molecular complexity index is 1150. The monoisotopic (exact) mass is 488 g/mol. The quantitative estimate of drug-likeness (QED) is 0.433. The fourth-order valence-corrected chi connectivity index (χ4v) is 6.32. The molecule has 0 saturated heterocycles. The van der Waals surface area contributed by atoms with Gasteiger partial charge in [-0.05, 0) is 36.3 Å². The number of ether oxygens (including phenoxy) is 1. The normalized spacial score (nSPS) is 18.1. The highest BCUT2D eigenvalue weighted by Crippen LogP contribution is 2.49. The lowest BCUT2D eigenvalue weighted by Gasteiger charge is -2.32. The van der Waals surface area contributed by atoms with E-state index in [0.29, 0.717) is 18.4 Å². The molecule has 0 amide bonds. The zero-order valence-electron chi connectivity index (χ0n) is 20.9. The average molecular weight is 489 g/mol. The highest BCUT2D eigenvalue weighted by molar-refractivity contribution is 7.91. The average Bonchev–Trinajstić information content (AvgIpc) is 3.38. The summed E-state index contributed by atoms with van der Waals surface area (Å²) in [4.78, 5) is 19.7. The zero-order valence-corrected chi connectivity index (χ0v) is 21.7. The van der Waals surface area contributed by atoms with E-state index in [1.165, 1.54) is 12.5 Å². The van der Waals surface area contributed by atoms with Gasteiger partial charge in [0.15, 0.2) is 10.6 Å². The number of aliphatic hydroxyl groups excluding tert-OH is 1. The number of esters is 1. The molecule has 3 rings (SSSR count). The number of H-pyrrole nitrogens is 1. The molecule has 2 aromatic rings. The molecule has 1 aromatic carbocycles. The first-order valence-corrected chi connectivity index (χ1v) is 13.4. The van der Waals surface area contributed by atoms with E-state index in [4.69, 9.17) is 4.74 Å². The number of imidazole rings is 1. The number of carbonyl (C=O) groups is 1. The van der Waals surface area contributed by atoms with Crippen molar-refractivity contribution < 1.29 is 23.1 Å². The first-order valence-electron chi connectivity index (χ1n) is 11.9. The van der Waals surface area contributed by atoms with Crippen LogP contribution in [0.4, 0.5) is 0 Å². The first-order chi connectivity index (χ1) is 15.9. The summed E-state index contributed by atoms with van der Waals surface area (Å²) in [5, 5.41) is 10.6. The Hall–Kier alpha value is -2.61. The van der Waals surface area contributed by atoms with Gasteiger partial charge in [-0.2, -0.15) is 0 Å². The second kappa shape index (κ2) is 9.56. The second-order valence-electron chi connectivity index (χ2n) is 10.2. The number of hydrogen-bond acceptors (Lipinski definition) is 6. The molecule has 0 saturated carbocycles. The molecule has 1 aliphatic heterocycles. The van der Waals surface area contributed by atoms with E-state index in [2.05, 4.69) is 9.97 Å². The number of aliphatic hydroxyl groups is 1. The van der Waals surface area contributed by atoms with Crippen LogP contribution in [0.2, 0.25) is 0 Å². The summed E-state index contributed by atoms with van der Waals surface area (Å²) in [6.07, 6.45) is 5.28. The van der Waals surface area contributed by atoms with E-state index in [-0.39, 0.29) is 16.4 Å². The molecular formula is C26H36N2O5S. The van der Waals surface area contributed by atoms with Crippen molar-refractivity contribution in [3.05, 3.63) is 59.2 Å². The first kappa shape index (κ1) is 26.0. The predicted octanol–water partition coefficient (Wildman–Crippen LogP) is 5.78. The van der Waals surface area contributed by atoms with Crippen molar-refractivity contribution in [2.75, 3.05) is 0 Å². The summed E-state index contributed by atoms with van der Waals surface area (Å²) in [6, 6.07) is 7.26. The summed E-state index contributed by atoms with van der Waals surface area (Å²) < 4.78 is 32.0. The van der Waals surface area contributed by atoms with E-state index in [1.807, 2.05) is 46.8 Å². The van der Waals surface area contributed by atoms with Crippen LogP contribution in [0, 0.1) is 5.41 Å². The standard InChI is InChI=1S/C26H36N2O5S/c1-7-12-26(13-8-2)23(29)21(24(30)33-26)22(25(4,5)6)19-11-9-10-18(14-19)17(3)34(31,32)20-15-27-16-28-20/h9-11,14-17,22,29H,7-8,12-13H2,1-6H3,(H,27,28). The van der Waals surface area contributed by atoms with Gasteiger partial charge in [0.1, 0.15) is 5.76 Å². The van der Waals surface area contributed by atoms with E-state index in [0.717, 1.165) is 18.4 Å².